The van der Waals surface area contributed by atoms with Crippen LogP contribution in [0.1, 0.15) is 32.8 Å². The highest BCUT2D eigenvalue weighted by Gasteiger charge is 2.55. The molecule has 1 aliphatic rings. The Labute approximate surface area is 183 Å². The van der Waals surface area contributed by atoms with Crippen LogP contribution in [0.15, 0.2) is 60.7 Å². The fraction of sp³-hybridized carbons (Fsp3) is 0.360. The minimum atomic E-state index is -1.53. The Balaban J connectivity index is 2.13. The number of hydrogen-bond donors (Lipinski definition) is 0. The molecule has 164 valence electrons. The van der Waals surface area contributed by atoms with Gasteiger partial charge in [0, 0.05) is 12.2 Å². The Hall–Kier alpha value is -3.28. The van der Waals surface area contributed by atoms with E-state index in [1.807, 2.05) is 0 Å². The lowest BCUT2D eigenvalue weighted by Gasteiger charge is -2.42. The van der Waals surface area contributed by atoms with Gasteiger partial charge in [-0.1, -0.05) is 24.3 Å². The van der Waals surface area contributed by atoms with Crippen molar-refractivity contribution in [2.45, 2.75) is 38.2 Å². The summed E-state index contributed by atoms with van der Waals surface area (Å²) in [5.41, 5.74) is -0.313. The van der Waals surface area contributed by atoms with E-state index in [0.717, 1.165) is 5.57 Å². The van der Waals surface area contributed by atoms with E-state index in [9.17, 15) is 9.59 Å². The minimum absolute atomic E-state index is 0.180. The summed E-state index contributed by atoms with van der Waals surface area (Å²) < 4.78 is 16.2. The summed E-state index contributed by atoms with van der Waals surface area (Å²) in [4.78, 5) is 29.1. The van der Waals surface area contributed by atoms with Gasteiger partial charge in [-0.05, 0) is 69.2 Å². The van der Waals surface area contributed by atoms with Gasteiger partial charge in [0.1, 0.15) is 17.1 Å². The molecule has 2 aromatic rings. The van der Waals surface area contributed by atoms with Crippen LogP contribution in [0.4, 0.5) is 5.69 Å². The van der Waals surface area contributed by atoms with E-state index in [0.29, 0.717) is 29.3 Å². The van der Waals surface area contributed by atoms with E-state index in [1.54, 1.807) is 88.4 Å². The van der Waals surface area contributed by atoms with Gasteiger partial charge in [-0.3, -0.25) is 9.59 Å². The molecular formula is C25H29NO5. The SMILES string of the molecule is C=C1CN(c2ccc(OC)cc2)C(=O)C(C(=O)OC(C)(C)C)(c2ccc(OC)cc2)C1. The molecule has 6 nitrogen and oxygen atoms in total. The summed E-state index contributed by atoms with van der Waals surface area (Å²) >= 11 is 0. The zero-order chi connectivity index (χ0) is 22.8. The zero-order valence-corrected chi connectivity index (χ0v) is 18.7. The number of carbonyl (C=O) groups is 2. The van der Waals surface area contributed by atoms with Gasteiger partial charge in [0.25, 0.3) is 0 Å². The fourth-order valence-corrected chi connectivity index (χ4v) is 3.75. The lowest BCUT2D eigenvalue weighted by atomic mass is 9.71. The average molecular weight is 424 g/mol. The Morgan fingerprint density at radius 3 is 1.97 bits per heavy atom. The van der Waals surface area contributed by atoms with Gasteiger partial charge >= 0.3 is 5.97 Å². The standard InChI is InChI=1S/C25H29NO5/c1-17-15-25(23(28)31-24(2,3)4,18-7-11-20(29-5)12-8-18)22(27)26(16-17)19-9-13-21(30-6)14-10-19/h7-14H,1,15-16H2,2-6H3. The van der Waals surface area contributed by atoms with Gasteiger partial charge in [0.05, 0.1) is 14.2 Å². The number of carbonyl (C=O) groups excluding carboxylic acids is 2. The second-order valence-electron chi connectivity index (χ2n) is 8.65. The fourth-order valence-electron chi connectivity index (χ4n) is 3.75. The Kier molecular flexibility index (Phi) is 6.11. The Morgan fingerprint density at radius 1 is 0.968 bits per heavy atom. The van der Waals surface area contributed by atoms with Crippen LogP contribution in [0.2, 0.25) is 0 Å². The number of anilines is 1. The number of rotatable bonds is 5. The summed E-state index contributed by atoms with van der Waals surface area (Å²) in [6, 6.07) is 14.1. The molecule has 0 bridgehead atoms. The van der Waals surface area contributed by atoms with E-state index < -0.39 is 17.0 Å². The first-order chi connectivity index (χ1) is 14.6. The first-order valence-corrected chi connectivity index (χ1v) is 10.1. The summed E-state index contributed by atoms with van der Waals surface area (Å²) in [5.74, 6) is 0.386. The molecule has 0 radical (unpaired) electrons. The maximum Gasteiger partial charge on any atom is 0.327 e. The molecule has 1 saturated heterocycles. The number of piperidine rings is 1. The molecule has 1 fully saturated rings. The topological polar surface area (TPSA) is 65.1 Å². The molecule has 1 aliphatic heterocycles. The largest absolute Gasteiger partial charge is 0.497 e. The third-order valence-corrected chi connectivity index (χ3v) is 5.22. The smallest absolute Gasteiger partial charge is 0.327 e. The molecule has 0 aliphatic carbocycles. The third-order valence-electron chi connectivity index (χ3n) is 5.22. The molecule has 0 N–H and O–H groups in total. The zero-order valence-electron chi connectivity index (χ0n) is 18.7. The number of benzene rings is 2. The summed E-state index contributed by atoms with van der Waals surface area (Å²) in [6.45, 7) is 9.83. The third kappa shape index (κ3) is 4.43. The van der Waals surface area contributed by atoms with Crippen LogP contribution in [0.5, 0.6) is 11.5 Å². The summed E-state index contributed by atoms with van der Waals surface area (Å²) in [5, 5.41) is 0. The van der Waals surface area contributed by atoms with Crippen molar-refractivity contribution in [2.24, 2.45) is 0 Å². The molecule has 31 heavy (non-hydrogen) atoms. The Morgan fingerprint density at radius 2 is 1.48 bits per heavy atom. The maximum absolute atomic E-state index is 14.0. The number of methoxy groups -OCH3 is 2. The normalized spacial score (nSPS) is 19.2. The molecule has 1 amide bonds. The molecule has 0 aromatic heterocycles. The second-order valence-corrected chi connectivity index (χ2v) is 8.65. The lowest BCUT2D eigenvalue weighted by molar-refractivity contribution is -0.165. The van der Waals surface area contributed by atoms with Crippen molar-refractivity contribution in [3.8, 4) is 11.5 Å². The van der Waals surface area contributed by atoms with Gasteiger partial charge in [-0.25, -0.2) is 0 Å². The molecule has 0 saturated carbocycles. The highest BCUT2D eigenvalue weighted by Crippen LogP contribution is 2.41. The summed E-state index contributed by atoms with van der Waals surface area (Å²) in [7, 11) is 3.15. The highest BCUT2D eigenvalue weighted by molar-refractivity contribution is 6.16. The van der Waals surface area contributed by atoms with Gasteiger partial charge in [0.2, 0.25) is 5.91 Å². The van der Waals surface area contributed by atoms with Crippen molar-refractivity contribution >= 4 is 17.6 Å². The number of ether oxygens (including phenoxy) is 3. The molecule has 1 atom stereocenters. The monoisotopic (exact) mass is 423 g/mol. The first kappa shape index (κ1) is 22.4. The molecule has 1 unspecified atom stereocenters. The van der Waals surface area contributed by atoms with Crippen LogP contribution in [0.25, 0.3) is 0 Å². The van der Waals surface area contributed by atoms with E-state index in [1.165, 1.54) is 0 Å². The molecule has 6 heteroatoms. The van der Waals surface area contributed by atoms with E-state index >= 15 is 0 Å². The van der Waals surface area contributed by atoms with Crippen LogP contribution in [-0.4, -0.2) is 38.2 Å². The quantitative estimate of drug-likeness (QED) is 0.408. The van der Waals surface area contributed by atoms with E-state index in [4.69, 9.17) is 14.2 Å². The van der Waals surface area contributed by atoms with Crippen molar-refractivity contribution in [3.05, 3.63) is 66.2 Å². The van der Waals surface area contributed by atoms with E-state index in [-0.39, 0.29) is 12.3 Å². The van der Waals surface area contributed by atoms with Gasteiger partial charge in [-0.15, -0.1) is 0 Å². The van der Waals surface area contributed by atoms with E-state index in [2.05, 4.69) is 6.58 Å². The predicted molar refractivity (Wildman–Crippen MR) is 120 cm³/mol. The van der Waals surface area contributed by atoms with Crippen LogP contribution < -0.4 is 14.4 Å². The first-order valence-electron chi connectivity index (χ1n) is 10.1. The maximum atomic E-state index is 14.0. The second kappa shape index (κ2) is 8.46. The van der Waals surface area contributed by atoms with Crippen LogP contribution in [-0.2, 0) is 19.7 Å². The van der Waals surface area contributed by atoms with Crippen molar-refractivity contribution in [1.82, 2.24) is 0 Å². The number of esters is 1. The highest BCUT2D eigenvalue weighted by atomic mass is 16.6. The minimum Gasteiger partial charge on any atom is -0.497 e. The van der Waals surface area contributed by atoms with Crippen molar-refractivity contribution in [2.75, 3.05) is 25.7 Å². The van der Waals surface area contributed by atoms with Crippen molar-refractivity contribution in [3.63, 3.8) is 0 Å². The molecule has 3 rings (SSSR count). The average Bonchev–Trinajstić information content (AvgIpc) is 2.74. The van der Waals surface area contributed by atoms with Crippen LogP contribution >= 0.6 is 0 Å². The van der Waals surface area contributed by atoms with Crippen molar-refractivity contribution < 1.29 is 23.8 Å². The molecule has 1 heterocycles. The lowest BCUT2D eigenvalue weighted by Crippen LogP contribution is -2.58. The number of hydrogen-bond acceptors (Lipinski definition) is 5. The van der Waals surface area contributed by atoms with Gasteiger partial charge < -0.3 is 19.1 Å². The molecule has 2 aromatic carbocycles. The van der Waals surface area contributed by atoms with Gasteiger partial charge in [-0.2, -0.15) is 0 Å². The molecular weight excluding hydrogens is 394 g/mol. The van der Waals surface area contributed by atoms with Crippen LogP contribution in [0, 0.1) is 0 Å². The molecule has 0 spiro atoms. The van der Waals surface area contributed by atoms with Gasteiger partial charge in [0.15, 0.2) is 5.41 Å². The predicted octanol–water partition coefficient (Wildman–Crippen LogP) is 4.28. The number of amides is 1. The van der Waals surface area contributed by atoms with Crippen molar-refractivity contribution in [1.29, 1.82) is 0 Å². The Bertz CT molecular complexity index is 972. The summed E-state index contributed by atoms with van der Waals surface area (Å²) in [6.07, 6.45) is 0.180. The number of nitrogens with zero attached hydrogens (tertiary/aromatic N) is 1. The van der Waals surface area contributed by atoms with Crippen LogP contribution in [0.3, 0.4) is 0 Å².